The van der Waals surface area contributed by atoms with Gasteiger partial charge in [0.1, 0.15) is 0 Å². The summed E-state index contributed by atoms with van der Waals surface area (Å²) in [4.78, 5) is 0. The van der Waals surface area contributed by atoms with Gasteiger partial charge in [0.05, 0.1) is 6.10 Å². The fraction of sp³-hybridized carbons (Fsp3) is 0.947. The second kappa shape index (κ2) is 23.6. The molecule has 3 unspecified atom stereocenters. The third-order valence-electron chi connectivity index (χ3n) is 11.5. The van der Waals surface area contributed by atoms with Crippen LogP contribution in [0.1, 0.15) is 152 Å². The van der Waals surface area contributed by atoms with Crippen molar-refractivity contribution in [2.24, 2.45) is 46.2 Å². The van der Waals surface area contributed by atoms with Crippen LogP contribution in [0.25, 0.3) is 0 Å². The normalized spacial score (nSPS) is 26.0. The van der Waals surface area contributed by atoms with Crippen LogP contribution < -0.4 is 16.4 Å². The van der Waals surface area contributed by atoms with Crippen LogP contribution in [0.5, 0.6) is 0 Å². The Labute approximate surface area is 287 Å². The predicted octanol–water partition coefficient (Wildman–Crippen LogP) is 8.64. The summed E-state index contributed by atoms with van der Waals surface area (Å²) in [6.07, 6.45) is 24.2. The zero-order chi connectivity index (χ0) is 35.4. The van der Waals surface area contributed by atoms with Crippen molar-refractivity contribution in [3.05, 3.63) is 0 Å². The fourth-order valence-electron chi connectivity index (χ4n) is 8.86. The van der Waals surface area contributed by atoms with Gasteiger partial charge in [-0.2, -0.15) is 8.42 Å². The number of terminal acetylenes is 1. The minimum Gasteiger partial charge on any atom is -0.330 e. The van der Waals surface area contributed by atoms with E-state index in [1.54, 1.807) is 0 Å². The molecule has 7 atom stereocenters. The predicted molar refractivity (Wildman–Crippen MR) is 198 cm³/mol. The van der Waals surface area contributed by atoms with E-state index in [-0.39, 0.29) is 5.92 Å². The number of rotatable bonds is 22. The molecule has 46 heavy (non-hydrogen) atoms. The molecule has 2 rings (SSSR count). The molecule has 0 spiro atoms. The van der Waals surface area contributed by atoms with Crippen molar-refractivity contribution in [3.8, 4) is 12.8 Å². The topological polar surface area (TPSA) is 114 Å². The number of nitrogens with one attached hydrogen (secondary N) is 2. The van der Waals surface area contributed by atoms with Gasteiger partial charge in [-0.15, -0.1) is 12.8 Å². The lowest BCUT2D eigenvalue weighted by Gasteiger charge is -2.53. The van der Waals surface area contributed by atoms with Crippen LogP contribution in [-0.2, 0) is 14.6 Å². The first kappa shape index (κ1) is 45.3. The quantitative estimate of drug-likeness (QED) is 0.0518. The van der Waals surface area contributed by atoms with Crippen LogP contribution in [0.3, 0.4) is 0 Å². The van der Waals surface area contributed by atoms with E-state index in [9.17, 15) is 13.0 Å². The molecule has 2 saturated carbocycles. The molecule has 8 heteroatoms. The molecule has 0 aromatic heterocycles. The maximum atomic E-state index is 11.3. The summed E-state index contributed by atoms with van der Waals surface area (Å²) in [5.74, 6) is 3.12. The number of fused-ring (bicyclic) bond motifs is 1. The van der Waals surface area contributed by atoms with Gasteiger partial charge in [-0.1, -0.05) is 81.6 Å². The molecule has 2 fully saturated rings. The summed E-state index contributed by atoms with van der Waals surface area (Å²) in [7, 11) is -4.42. The van der Waals surface area contributed by atoms with Gasteiger partial charge in [0.15, 0.2) is 0 Å². The lowest BCUT2D eigenvalue weighted by atomic mass is 9.52. The van der Waals surface area contributed by atoms with E-state index < -0.39 is 16.5 Å². The Morgan fingerprint density at radius 3 is 2.24 bits per heavy atom. The van der Waals surface area contributed by atoms with Crippen LogP contribution in [-0.4, -0.2) is 51.3 Å². The number of hydrogen-bond donors (Lipinski definition) is 4. The molecule has 2 aliphatic rings. The molecule has 5 N–H and O–H groups in total. The Hall–Kier alpha value is -0.690. The highest BCUT2D eigenvalue weighted by Crippen LogP contribution is 2.63. The van der Waals surface area contributed by atoms with Crippen molar-refractivity contribution in [1.29, 1.82) is 0 Å². The van der Waals surface area contributed by atoms with Crippen LogP contribution in [0.15, 0.2) is 0 Å². The Morgan fingerprint density at radius 2 is 1.67 bits per heavy atom. The summed E-state index contributed by atoms with van der Waals surface area (Å²) in [5.41, 5.74) is 6.32. The molecule has 0 amide bonds. The van der Waals surface area contributed by atoms with Crippen LogP contribution in [0.2, 0.25) is 0 Å². The highest BCUT2D eigenvalue weighted by atomic mass is 32.3. The van der Waals surface area contributed by atoms with E-state index in [4.69, 9.17) is 9.92 Å². The minimum absolute atomic E-state index is 0.0519. The van der Waals surface area contributed by atoms with Crippen molar-refractivity contribution >= 4 is 10.4 Å². The molecule has 2 aliphatic carbocycles. The Kier molecular flexibility index (Phi) is 23.3. The number of hydrogen-bond acceptors (Lipinski definition) is 6. The number of unbranched alkanes of at least 4 members (excludes halogenated alkanes) is 1. The average Bonchev–Trinajstić information content (AvgIpc) is 3.35. The molecular formula is C38H77N3O4S. The van der Waals surface area contributed by atoms with Gasteiger partial charge in [-0.05, 0) is 124 Å². The number of nitrogens with two attached hydrogens (primary N) is 1. The van der Waals surface area contributed by atoms with Gasteiger partial charge in [0, 0.05) is 19.1 Å². The highest BCUT2D eigenvalue weighted by molar-refractivity contribution is 7.80. The average molecular weight is 672 g/mol. The van der Waals surface area contributed by atoms with E-state index in [1.165, 1.54) is 57.8 Å². The molecule has 0 bridgehead atoms. The van der Waals surface area contributed by atoms with Gasteiger partial charge in [0.25, 0.3) is 0 Å². The van der Waals surface area contributed by atoms with Crippen LogP contribution >= 0.6 is 0 Å². The molecule has 0 aromatic rings. The van der Waals surface area contributed by atoms with Crippen LogP contribution in [0, 0.1) is 53.3 Å². The fourth-order valence-corrected chi connectivity index (χ4v) is 9.49. The molecule has 0 heterocycles. The van der Waals surface area contributed by atoms with Gasteiger partial charge < -0.3 is 16.4 Å². The molecule has 0 saturated heterocycles. The van der Waals surface area contributed by atoms with Crippen molar-refractivity contribution in [3.63, 3.8) is 0 Å². The maximum Gasteiger partial charge on any atom is 0.397 e. The summed E-state index contributed by atoms with van der Waals surface area (Å²) in [6.45, 7) is 24.2. The molecular weight excluding hydrogens is 595 g/mol. The SMILES string of the molecule is C#C.CC.CCCC1C(C(C)(C)CC[C@@H](CC)NCCNCCCCN)CC[C@@]2(C)C1CC[C@@H]2CCC[C@@H](OS(=O)(=O)O)C(C)C. The Balaban J connectivity index is 0.00000486. The third kappa shape index (κ3) is 15.2. The molecule has 0 radical (unpaired) electrons. The minimum atomic E-state index is -4.42. The van der Waals surface area contributed by atoms with Gasteiger partial charge in [-0.25, -0.2) is 4.18 Å². The molecule has 274 valence electrons. The largest absolute Gasteiger partial charge is 0.397 e. The third-order valence-corrected chi connectivity index (χ3v) is 12.0. The summed E-state index contributed by atoms with van der Waals surface area (Å²) in [5, 5.41) is 7.37. The van der Waals surface area contributed by atoms with E-state index >= 15 is 0 Å². The van der Waals surface area contributed by atoms with Crippen molar-refractivity contribution in [2.45, 2.75) is 164 Å². The lowest BCUT2D eigenvalue weighted by molar-refractivity contribution is -0.0431. The van der Waals surface area contributed by atoms with E-state index in [2.05, 4.69) is 58.1 Å². The molecule has 0 aliphatic heterocycles. The second-order valence-corrected chi connectivity index (χ2v) is 16.1. The Bertz CT molecular complexity index is 894. The van der Waals surface area contributed by atoms with Crippen molar-refractivity contribution in [2.75, 3.05) is 26.2 Å². The first-order chi connectivity index (χ1) is 21.8. The van der Waals surface area contributed by atoms with Gasteiger partial charge in [-0.3, -0.25) is 4.55 Å². The van der Waals surface area contributed by atoms with E-state index in [0.717, 1.165) is 69.6 Å². The van der Waals surface area contributed by atoms with Crippen molar-refractivity contribution < 1.29 is 17.2 Å². The molecule has 0 aromatic carbocycles. The van der Waals surface area contributed by atoms with E-state index in [0.29, 0.717) is 29.2 Å². The zero-order valence-electron chi connectivity index (χ0n) is 31.6. The van der Waals surface area contributed by atoms with Gasteiger partial charge >= 0.3 is 10.4 Å². The summed E-state index contributed by atoms with van der Waals surface area (Å²) < 4.78 is 36.9. The monoisotopic (exact) mass is 672 g/mol. The standard InChI is InChI=1S/C34H69N3O4S.C2H6.C2H2/c1-8-13-29-30(33(5,6)20-18-28(9-2)37-25-24-36-23-11-10-22-35)19-21-34(7)27(16-17-31(29)34)14-12-15-32(26(3)4)41-42(38,39)40;2*1-2/h26-32,36-37H,8-25,35H2,1-7H3,(H,38,39,40);1-2H3;1-2H/t27-,28+,29?,30?,31?,32+,34+;;/m0../s1. The Morgan fingerprint density at radius 1 is 1.00 bits per heavy atom. The second-order valence-electron chi connectivity index (χ2n) is 15.1. The summed E-state index contributed by atoms with van der Waals surface area (Å²) >= 11 is 0. The smallest absolute Gasteiger partial charge is 0.330 e. The highest BCUT2D eigenvalue weighted by Gasteiger charge is 2.55. The summed E-state index contributed by atoms with van der Waals surface area (Å²) in [6, 6.07) is 0.587. The lowest BCUT2D eigenvalue weighted by Crippen LogP contribution is -2.46. The van der Waals surface area contributed by atoms with Gasteiger partial charge in [0.2, 0.25) is 0 Å². The first-order valence-electron chi connectivity index (χ1n) is 18.9. The first-order valence-corrected chi connectivity index (χ1v) is 20.3. The van der Waals surface area contributed by atoms with E-state index in [1.807, 2.05) is 27.7 Å². The van der Waals surface area contributed by atoms with Crippen LogP contribution in [0.4, 0.5) is 0 Å². The molecule has 7 nitrogen and oxygen atoms in total. The van der Waals surface area contributed by atoms with Crippen molar-refractivity contribution in [1.82, 2.24) is 10.6 Å². The zero-order valence-corrected chi connectivity index (χ0v) is 32.4. The maximum absolute atomic E-state index is 11.3.